The fourth-order valence-electron chi connectivity index (χ4n) is 3.63. The van der Waals surface area contributed by atoms with Gasteiger partial charge in [-0.2, -0.15) is 0 Å². The number of hydrogen-bond acceptors (Lipinski definition) is 5. The van der Waals surface area contributed by atoms with Gasteiger partial charge in [0.25, 0.3) is 0 Å². The molecule has 1 unspecified atom stereocenters. The zero-order valence-electron chi connectivity index (χ0n) is 18.2. The third-order valence-corrected chi connectivity index (χ3v) is 5.33. The standard InChI is InChI=1S/C24H29N5O2.HI/c1-30-21-9-7-19(8-10-21)17-27-24(26-14-11-22-5-4-16-31-22)28-20-12-15-29(18-20)23-6-2-3-13-25-23;/h2-10,13,16,20H,11-12,14-15,17-18H2,1H3,(H2,26,27,28);1H. The van der Waals surface area contributed by atoms with Crippen molar-refractivity contribution < 1.29 is 9.15 Å². The highest BCUT2D eigenvalue weighted by Crippen LogP contribution is 2.17. The highest BCUT2D eigenvalue weighted by Gasteiger charge is 2.24. The number of nitrogens with one attached hydrogen (secondary N) is 2. The number of methoxy groups -OCH3 is 1. The Kier molecular flexibility index (Phi) is 9.21. The molecule has 32 heavy (non-hydrogen) atoms. The molecule has 8 heteroatoms. The van der Waals surface area contributed by atoms with Crippen LogP contribution >= 0.6 is 24.0 Å². The maximum atomic E-state index is 5.44. The summed E-state index contributed by atoms with van der Waals surface area (Å²) < 4.78 is 10.7. The average molecular weight is 547 g/mol. The van der Waals surface area contributed by atoms with Crippen LogP contribution in [-0.4, -0.2) is 43.7 Å². The van der Waals surface area contributed by atoms with Crippen LogP contribution in [0.4, 0.5) is 5.82 Å². The second kappa shape index (κ2) is 12.3. The monoisotopic (exact) mass is 547 g/mol. The molecule has 0 radical (unpaired) electrons. The molecule has 170 valence electrons. The van der Waals surface area contributed by atoms with Crippen molar-refractivity contribution in [1.82, 2.24) is 15.6 Å². The van der Waals surface area contributed by atoms with Crippen molar-refractivity contribution >= 4 is 35.8 Å². The molecule has 0 amide bonds. The molecule has 1 aliphatic heterocycles. The number of furan rings is 1. The van der Waals surface area contributed by atoms with Crippen molar-refractivity contribution in [3.8, 4) is 5.75 Å². The molecular weight excluding hydrogens is 517 g/mol. The van der Waals surface area contributed by atoms with Gasteiger partial charge in [-0.05, 0) is 48.4 Å². The molecular formula is C24H30IN5O2. The zero-order valence-corrected chi connectivity index (χ0v) is 20.6. The smallest absolute Gasteiger partial charge is 0.191 e. The van der Waals surface area contributed by atoms with Crippen molar-refractivity contribution in [2.24, 2.45) is 4.99 Å². The number of nitrogens with zero attached hydrogens (tertiary/aromatic N) is 3. The van der Waals surface area contributed by atoms with E-state index < -0.39 is 0 Å². The largest absolute Gasteiger partial charge is 0.497 e. The van der Waals surface area contributed by atoms with Gasteiger partial charge in [0.15, 0.2) is 5.96 Å². The van der Waals surface area contributed by atoms with Gasteiger partial charge in [0.1, 0.15) is 17.3 Å². The molecule has 0 spiro atoms. The second-order valence-electron chi connectivity index (χ2n) is 7.53. The Balaban J connectivity index is 0.00000289. The Hall–Kier alpha value is -2.75. The molecule has 0 saturated carbocycles. The summed E-state index contributed by atoms with van der Waals surface area (Å²) >= 11 is 0. The van der Waals surface area contributed by atoms with Crippen LogP contribution in [0.1, 0.15) is 17.7 Å². The normalized spacial score (nSPS) is 15.8. The van der Waals surface area contributed by atoms with E-state index in [1.54, 1.807) is 13.4 Å². The van der Waals surface area contributed by atoms with Crippen molar-refractivity contribution in [3.63, 3.8) is 0 Å². The van der Waals surface area contributed by atoms with Crippen molar-refractivity contribution in [3.05, 3.63) is 78.4 Å². The number of guanidine groups is 1. The summed E-state index contributed by atoms with van der Waals surface area (Å²) in [6.07, 6.45) is 5.39. The summed E-state index contributed by atoms with van der Waals surface area (Å²) in [4.78, 5) is 11.6. The van der Waals surface area contributed by atoms with Crippen LogP contribution in [-0.2, 0) is 13.0 Å². The minimum Gasteiger partial charge on any atom is -0.497 e. The summed E-state index contributed by atoms with van der Waals surface area (Å²) in [6, 6.07) is 18.3. The SMILES string of the molecule is COc1ccc(CN=C(NCCc2ccco2)NC2CCN(c3ccccn3)C2)cc1.I. The molecule has 1 aromatic carbocycles. The highest BCUT2D eigenvalue weighted by atomic mass is 127. The number of anilines is 1. The Morgan fingerprint density at radius 2 is 2.06 bits per heavy atom. The van der Waals surface area contributed by atoms with Crippen LogP contribution in [0, 0.1) is 0 Å². The van der Waals surface area contributed by atoms with Gasteiger partial charge in [-0.1, -0.05) is 18.2 Å². The van der Waals surface area contributed by atoms with Gasteiger partial charge in [0.2, 0.25) is 0 Å². The van der Waals surface area contributed by atoms with Gasteiger partial charge in [-0.25, -0.2) is 9.98 Å². The summed E-state index contributed by atoms with van der Waals surface area (Å²) in [6.45, 7) is 3.22. The van der Waals surface area contributed by atoms with Crippen LogP contribution < -0.4 is 20.3 Å². The molecule has 1 aliphatic rings. The maximum absolute atomic E-state index is 5.44. The number of rotatable bonds is 8. The van der Waals surface area contributed by atoms with Crippen LogP contribution in [0.2, 0.25) is 0 Å². The fourth-order valence-corrected chi connectivity index (χ4v) is 3.63. The number of aliphatic imine (C=N–C) groups is 1. The van der Waals surface area contributed by atoms with Gasteiger partial charge in [-0.15, -0.1) is 24.0 Å². The van der Waals surface area contributed by atoms with E-state index in [1.165, 1.54) is 0 Å². The Labute approximate surface area is 206 Å². The number of hydrogen-bond donors (Lipinski definition) is 2. The molecule has 3 aromatic rings. The quantitative estimate of drug-likeness (QED) is 0.254. The molecule has 0 bridgehead atoms. The number of halogens is 1. The second-order valence-corrected chi connectivity index (χ2v) is 7.53. The molecule has 3 heterocycles. The van der Waals surface area contributed by atoms with E-state index in [0.29, 0.717) is 12.6 Å². The molecule has 4 rings (SSSR count). The number of ether oxygens (including phenoxy) is 1. The van der Waals surface area contributed by atoms with E-state index in [4.69, 9.17) is 14.1 Å². The Morgan fingerprint density at radius 1 is 1.19 bits per heavy atom. The van der Waals surface area contributed by atoms with E-state index in [-0.39, 0.29) is 24.0 Å². The third kappa shape index (κ3) is 6.88. The topological polar surface area (TPSA) is 74.9 Å². The van der Waals surface area contributed by atoms with E-state index in [1.807, 2.05) is 54.7 Å². The average Bonchev–Trinajstić information content (AvgIpc) is 3.51. The lowest BCUT2D eigenvalue weighted by Gasteiger charge is -2.20. The molecule has 7 nitrogen and oxygen atoms in total. The fraction of sp³-hybridized carbons (Fsp3) is 0.333. The first kappa shape index (κ1) is 23.9. The highest BCUT2D eigenvalue weighted by molar-refractivity contribution is 14.0. The van der Waals surface area contributed by atoms with Crippen molar-refractivity contribution in [2.45, 2.75) is 25.4 Å². The summed E-state index contributed by atoms with van der Waals surface area (Å²) in [5, 5.41) is 7.06. The maximum Gasteiger partial charge on any atom is 0.191 e. The van der Waals surface area contributed by atoms with Crippen molar-refractivity contribution in [2.75, 3.05) is 31.6 Å². The number of aromatic nitrogens is 1. The van der Waals surface area contributed by atoms with E-state index in [9.17, 15) is 0 Å². The van der Waals surface area contributed by atoms with Crippen LogP contribution in [0.5, 0.6) is 5.75 Å². The predicted molar refractivity (Wildman–Crippen MR) is 138 cm³/mol. The summed E-state index contributed by atoms with van der Waals surface area (Å²) in [7, 11) is 1.67. The molecule has 2 N–H and O–H groups in total. The Bertz CT molecular complexity index is 948. The lowest BCUT2D eigenvalue weighted by atomic mass is 10.2. The lowest BCUT2D eigenvalue weighted by Crippen LogP contribution is -2.45. The first-order chi connectivity index (χ1) is 15.3. The van der Waals surface area contributed by atoms with Crippen LogP contribution in [0.15, 0.2) is 76.5 Å². The molecule has 2 aromatic heterocycles. The summed E-state index contributed by atoms with van der Waals surface area (Å²) in [5.41, 5.74) is 1.13. The molecule has 0 aliphatic carbocycles. The first-order valence-electron chi connectivity index (χ1n) is 10.7. The zero-order chi connectivity index (χ0) is 21.3. The van der Waals surface area contributed by atoms with Crippen molar-refractivity contribution in [1.29, 1.82) is 0 Å². The predicted octanol–water partition coefficient (Wildman–Crippen LogP) is 3.86. The minimum atomic E-state index is 0. The molecule has 1 atom stereocenters. The van der Waals surface area contributed by atoms with E-state index in [0.717, 1.165) is 61.3 Å². The first-order valence-corrected chi connectivity index (χ1v) is 10.7. The van der Waals surface area contributed by atoms with Gasteiger partial charge in [-0.3, -0.25) is 0 Å². The van der Waals surface area contributed by atoms with Gasteiger partial charge < -0.3 is 24.7 Å². The van der Waals surface area contributed by atoms with E-state index >= 15 is 0 Å². The molecule has 1 saturated heterocycles. The lowest BCUT2D eigenvalue weighted by molar-refractivity contribution is 0.414. The van der Waals surface area contributed by atoms with Gasteiger partial charge >= 0.3 is 0 Å². The van der Waals surface area contributed by atoms with Crippen LogP contribution in [0.3, 0.4) is 0 Å². The summed E-state index contributed by atoms with van der Waals surface area (Å²) in [5.74, 6) is 3.65. The number of pyridine rings is 1. The van der Waals surface area contributed by atoms with Crippen LogP contribution in [0.25, 0.3) is 0 Å². The van der Waals surface area contributed by atoms with Gasteiger partial charge in [0, 0.05) is 38.3 Å². The Morgan fingerprint density at radius 3 is 2.78 bits per heavy atom. The molecule has 1 fully saturated rings. The third-order valence-electron chi connectivity index (χ3n) is 5.33. The van der Waals surface area contributed by atoms with Gasteiger partial charge in [0.05, 0.1) is 19.9 Å². The number of benzene rings is 1. The minimum absolute atomic E-state index is 0. The van der Waals surface area contributed by atoms with E-state index in [2.05, 4.69) is 26.6 Å².